The molecule has 2 rings (SSSR count). The standard InChI is InChI=1S/C13H18N4O3S/c1-3-20-11-7-5-4-6-10(11)9-17(2)21(18,19)12-8-15-16-13(12)14/h4-8H,3,9H2,1-2H3,(H3,14,15,16). The molecule has 21 heavy (non-hydrogen) atoms. The second kappa shape index (κ2) is 6.15. The third kappa shape index (κ3) is 3.17. The van der Waals surface area contributed by atoms with Crippen molar-refractivity contribution in [3.63, 3.8) is 0 Å². The summed E-state index contributed by atoms with van der Waals surface area (Å²) in [4.78, 5) is -0.0288. The second-order valence-corrected chi connectivity index (χ2v) is 6.46. The van der Waals surface area contributed by atoms with E-state index in [1.54, 1.807) is 0 Å². The van der Waals surface area contributed by atoms with Gasteiger partial charge in [-0.25, -0.2) is 8.42 Å². The lowest BCUT2D eigenvalue weighted by atomic mass is 10.2. The van der Waals surface area contributed by atoms with Gasteiger partial charge in [-0.2, -0.15) is 9.40 Å². The van der Waals surface area contributed by atoms with E-state index in [1.165, 1.54) is 17.5 Å². The number of H-pyrrole nitrogens is 1. The molecule has 0 radical (unpaired) electrons. The zero-order valence-corrected chi connectivity index (χ0v) is 12.7. The van der Waals surface area contributed by atoms with Gasteiger partial charge in [-0.05, 0) is 13.0 Å². The van der Waals surface area contributed by atoms with Gasteiger partial charge in [0.05, 0.1) is 12.8 Å². The van der Waals surface area contributed by atoms with Crippen molar-refractivity contribution in [2.24, 2.45) is 0 Å². The van der Waals surface area contributed by atoms with Crippen LogP contribution in [0.5, 0.6) is 5.75 Å². The largest absolute Gasteiger partial charge is 0.494 e. The quantitative estimate of drug-likeness (QED) is 0.835. The molecule has 0 saturated carbocycles. The van der Waals surface area contributed by atoms with Crippen LogP contribution in [0, 0.1) is 0 Å². The second-order valence-electron chi connectivity index (χ2n) is 4.45. The normalized spacial score (nSPS) is 11.8. The molecule has 0 aliphatic heterocycles. The molecular formula is C13H18N4O3S. The number of benzene rings is 1. The Morgan fingerprint density at radius 1 is 1.38 bits per heavy atom. The highest BCUT2D eigenvalue weighted by molar-refractivity contribution is 7.89. The molecule has 0 amide bonds. The maximum absolute atomic E-state index is 12.4. The first-order valence-electron chi connectivity index (χ1n) is 6.42. The predicted molar refractivity (Wildman–Crippen MR) is 79.3 cm³/mol. The van der Waals surface area contributed by atoms with E-state index in [2.05, 4.69) is 10.2 Å². The van der Waals surface area contributed by atoms with Gasteiger partial charge in [-0.15, -0.1) is 0 Å². The number of nitrogens with two attached hydrogens (primary N) is 1. The molecule has 0 atom stereocenters. The first kappa shape index (κ1) is 15.3. The third-order valence-electron chi connectivity index (χ3n) is 2.99. The van der Waals surface area contributed by atoms with E-state index >= 15 is 0 Å². The van der Waals surface area contributed by atoms with Crippen molar-refractivity contribution in [2.75, 3.05) is 19.4 Å². The van der Waals surface area contributed by atoms with Crippen LogP contribution in [0.3, 0.4) is 0 Å². The number of ether oxygens (including phenoxy) is 1. The van der Waals surface area contributed by atoms with Crippen molar-refractivity contribution in [2.45, 2.75) is 18.4 Å². The molecule has 0 aliphatic carbocycles. The average Bonchev–Trinajstić information content (AvgIpc) is 2.88. The molecule has 7 nitrogen and oxygen atoms in total. The van der Waals surface area contributed by atoms with Gasteiger partial charge in [0.1, 0.15) is 16.5 Å². The molecule has 1 aromatic heterocycles. The zero-order chi connectivity index (χ0) is 15.5. The van der Waals surface area contributed by atoms with Gasteiger partial charge in [-0.3, -0.25) is 5.10 Å². The van der Waals surface area contributed by atoms with E-state index < -0.39 is 10.0 Å². The minimum absolute atomic E-state index is 0.0277. The van der Waals surface area contributed by atoms with Crippen molar-refractivity contribution >= 4 is 15.8 Å². The molecule has 1 aromatic carbocycles. The number of hydrogen-bond acceptors (Lipinski definition) is 5. The lowest BCUT2D eigenvalue weighted by molar-refractivity contribution is 0.332. The highest BCUT2D eigenvalue weighted by atomic mass is 32.2. The molecule has 2 aromatic rings. The molecule has 0 unspecified atom stereocenters. The minimum atomic E-state index is -3.70. The molecule has 0 bridgehead atoms. The maximum Gasteiger partial charge on any atom is 0.248 e. The van der Waals surface area contributed by atoms with Crippen molar-refractivity contribution in [3.05, 3.63) is 36.0 Å². The lowest BCUT2D eigenvalue weighted by Gasteiger charge is -2.18. The number of nitrogens with zero attached hydrogens (tertiary/aromatic N) is 2. The summed E-state index contributed by atoms with van der Waals surface area (Å²) >= 11 is 0. The van der Waals surface area contributed by atoms with Crippen LogP contribution < -0.4 is 10.5 Å². The molecule has 8 heteroatoms. The van der Waals surface area contributed by atoms with Gasteiger partial charge >= 0.3 is 0 Å². The number of para-hydroxylation sites is 1. The van der Waals surface area contributed by atoms with Crippen LogP contribution in [0.2, 0.25) is 0 Å². The van der Waals surface area contributed by atoms with Crippen LogP contribution in [0.25, 0.3) is 0 Å². The number of nitrogens with one attached hydrogen (secondary N) is 1. The topological polar surface area (TPSA) is 101 Å². The van der Waals surface area contributed by atoms with Crippen LogP contribution >= 0.6 is 0 Å². The first-order valence-corrected chi connectivity index (χ1v) is 7.86. The van der Waals surface area contributed by atoms with Crippen LogP contribution in [-0.2, 0) is 16.6 Å². The van der Waals surface area contributed by atoms with E-state index in [4.69, 9.17) is 10.5 Å². The average molecular weight is 310 g/mol. The fourth-order valence-electron chi connectivity index (χ4n) is 1.91. The van der Waals surface area contributed by atoms with E-state index in [9.17, 15) is 8.42 Å². The van der Waals surface area contributed by atoms with Gasteiger partial charge in [0, 0.05) is 19.2 Å². The molecule has 114 valence electrons. The van der Waals surface area contributed by atoms with Crippen molar-refractivity contribution < 1.29 is 13.2 Å². The monoisotopic (exact) mass is 310 g/mol. The van der Waals surface area contributed by atoms with Gasteiger partial charge < -0.3 is 10.5 Å². The van der Waals surface area contributed by atoms with Crippen LogP contribution in [0.1, 0.15) is 12.5 Å². The summed E-state index contributed by atoms with van der Waals surface area (Å²) in [5.74, 6) is 0.696. The highest BCUT2D eigenvalue weighted by Crippen LogP contribution is 2.24. The Morgan fingerprint density at radius 3 is 2.71 bits per heavy atom. The van der Waals surface area contributed by atoms with E-state index in [-0.39, 0.29) is 17.3 Å². The number of nitrogen functional groups attached to an aromatic ring is 1. The summed E-state index contributed by atoms with van der Waals surface area (Å²) in [5.41, 5.74) is 6.37. The van der Waals surface area contributed by atoms with Crippen molar-refractivity contribution in [1.82, 2.24) is 14.5 Å². The summed E-state index contributed by atoms with van der Waals surface area (Å²) in [6.45, 7) is 2.58. The van der Waals surface area contributed by atoms with Crippen LogP contribution in [-0.4, -0.2) is 36.6 Å². The number of anilines is 1. The van der Waals surface area contributed by atoms with Gasteiger partial charge in [0.15, 0.2) is 0 Å². The Labute approximate surface area is 123 Å². The fraction of sp³-hybridized carbons (Fsp3) is 0.308. The summed E-state index contributed by atoms with van der Waals surface area (Å²) in [6, 6.07) is 7.32. The molecular weight excluding hydrogens is 292 g/mol. The fourth-order valence-corrected chi connectivity index (χ4v) is 3.07. The predicted octanol–water partition coefficient (Wildman–Crippen LogP) is 1.21. The number of aromatic amines is 1. The molecule has 0 spiro atoms. The minimum Gasteiger partial charge on any atom is -0.494 e. The molecule has 3 N–H and O–H groups in total. The number of aromatic nitrogens is 2. The van der Waals surface area contributed by atoms with Crippen LogP contribution in [0.15, 0.2) is 35.4 Å². The SMILES string of the molecule is CCOc1ccccc1CN(C)S(=O)(=O)c1cn[nH]c1N. The number of sulfonamides is 1. The Balaban J connectivity index is 2.26. The summed E-state index contributed by atoms with van der Waals surface area (Å²) in [5, 5.41) is 6.07. The smallest absolute Gasteiger partial charge is 0.248 e. The van der Waals surface area contributed by atoms with Crippen molar-refractivity contribution in [1.29, 1.82) is 0 Å². The van der Waals surface area contributed by atoms with E-state index in [1.807, 2.05) is 31.2 Å². The number of hydrogen-bond donors (Lipinski definition) is 2. The third-order valence-corrected chi connectivity index (χ3v) is 4.82. The molecule has 0 aliphatic rings. The van der Waals surface area contributed by atoms with Gasteiger partial charge in [0.25, 0.3) is 0 Å². The lowest BCUT2D eigenvalue weighted by Crippen LogP contribution is -2.27. The van der Waals surface area contributed by atoms with E-state index in [0.717, 1.165) is 5.56 Å². The summed E-state index contributed by atoms with van der Waals surface area (Å²) in [7, 11) is -2.21. The first-order chi connectivity index (χ1) is 9.96. The molecule has 1 heterocycles. The Morgan fingerprint density at radius 2 is 2.10 bits per heavy atom. The Bertz CT molecular complexity index is 712. The maximum atomic E-state index is 12.4. The Hall–Kier alpha value is -2.06. The van der Waals surface area contributed by atoms with E-state index in [0.29, 0.717) is 12.4 Å². The van der Waals surface area contributed by atoms with Crippen molar-refractivity contribution in [3.8, 4) is 5.75 Å². The Kier molecular flexibility index (Phi) is 4.49. The van der Waals surface area contributed by atoms with Gasteiger partial charge in [-0.1, -0.05) is 18.2 Å². The summed E-state index contributed by atoms with van der Waals surface area (Å²) in [6.07, 6.45) is 1.20. The highest BCUT2D eigenvalue weighted by Gasteiger charge is 2.25. The molecule has 0 fully saturated rings. The van der Waals surface area contributed by atoms with Crippen LogP contribution in [0.4, 0.5) is 5.82 Å². The zero-order valence-electron chi connectivity index (χ0n) is 11.9. The van der Waals surface area contributed by atoms with Gasteiger partial charge in [0.2, 0.25) is 10.0 Å². The molecule has 0 saturated heterocycles. The number of rotatable bonds is 6. The summed E-state index contributed by atoms with van der Waals surface area (Å²) < 4.78 is 31.6.